The van der Waals surface area contributed by atoms with Crippen LogP contribution >= 0.6 is 7.37 Å². The van der Waals surface area contributed by atoms with Crippen LogP contribution in [0.2, 0.25) is 0 Å². The van der Waals surface area contributed by atoms with Gasteiger partial charge in [-0.1, -0.05) is 73.7 Å². The number of aromatic hydroxyl groups is 1. The summed E-state index contributed by atoms with van der Waals surface area (Å²) in [5.41, 5.74) is 0.906. The standard InChI is InChI=1S/C21H19O4P.Li/c1-2-15-11-13-16(14-12-15)21(23)26(24,25)20-10-6-4-8-18(20)17-7-3-5-9-19(17)22;/h3-14,22H,2H2,1H3,(H,24,25);/q;+1/p-1. The molecule has 0 aliphatic carbocycles. The molecule has 0 bridgehead atoms. The molecule has 0 saturated carbocycles. The number of benzene rings is 3. The summed E-state index contributed by atoms with van der Waals surface area (Å²) in [6, 6.07) is 19.2. The van der Waals surface area contributed by atoms with Gasteiger partial charge in [0.2, 0.25) is 5.52 Å². The Morgan fingerprint density at radius 1 is 0.926 bits per heavy atom. The summed E-state index contributed by atoms with van der Waals surface area (Å²) in [6.07, 6.45) is 0.805. The van der Waals surface area contributed by atoms with Gasteiger partial charge in [0.05, 0.1) is 0 Å². The van der Waals surface area contributed by atoms with Crippen LogP contribution in [0.4, 0.5) is 0 Å². The number of para-hydroxylation sites is 1. The Hall–Kier alpha value is -2.08. The van der Waals surface area contributed by atoms with Gasteiger partial charge in [-0.3, -0.25) is 4.79 Å². The number of hydrogen-bond acceptors (Lipinski definition) is 4. The molecule has 1 atom stereocenters. The molecular formula is C21H18LiO4P. The van der Waals surface area contributed by atoms with Crippen molar-refractivity contribution in [2.45, 2.75) is 13.3 Å². The van der Waals surface area contributed by atoms with Crippen LogP contribution in [0.3, 0.4) is 0 Å². The fraction of sp³-hybridized carbons (Fsp3) is 0.0952. The van der Waals surface area contributed by atoms with E-state index >= 15 is 0 Å². The summed E-state index contributed by atoms with van der Waals surface area (Å²) in [5.74, 6) is -0.0419. The fourth-order valence-electron chi connectivity index (χ4n) is 2.82. The molecule has 0 aromatic heterocycles. The minimum absolute atomic E-state index is 0. The fourth-order valence-corrected chi connectivity index (χ4v) is 4.32. The van der Waals surface area contributed by atoms with Gasteiger partial charge in [0.15, 0.2) is 0 Å². The molecule has 3 rings (SSSR count). The van der Waals surface area contributed by atoms with Gasteiger partial charge in [-0.15, -0.1) is 0 Å². The Morgan fingerprint density at radius 2 is 1.48 bits per heavy atom. The minimum atomic E-state index is -4.60. The number of phenols is 1. The van der Waals surface area contributed by atoms with E-state index in [1.807, 2.05) is 6.92 Å². The summed E-state index contributed by atoms with van der Waals surface area (Å²) >= 11 is 0. The first kappa shape index (κ1) is 21.2. The number of phenolic OH excluding ortho intramolecular Hbond substituents is 1. The van der Waals surface area contributed by atoms with Crippen molar-refractivity contribution < 1.29 is 38.2 Å². The first-order valence-electron chi connectivity index (χ1n) is 8.28. The van der Waals surface area contributed by atoms with Crippen molar-refractivity contribution in [3.05, 3.63) is 83.9 Å². The first-order chi connectivity index (χ1) is 12.4. The number of rotatable bonds is 5. The molecule has 6 heteroatoms. The number of hydrogen-bond donors (Lipinski definition) is 1. The van der Waals surface area contributed by atoms with E-state index in [9.17, 15) is 19.4 Å². The van der Waals surface area contributed by atoms with E-state index in [2.05, 4.69) is 0 Å². The van der Waals surface area contributed by atoms with E-state index in [1.54, 1.807) is 48.5 Å². The van der Waals surface area contributed by atoms with Crippen molar-refractivity contribution in [1.82, 2.24) is 0 Å². The van der Waals surface area contributed by atoms with E-state index in [0.717, 1.165) is 12.0 Å². The molecule has 0 radical (unpaired) electrons. The second-order valence-electron chi connectivity index (χ2n) is 5.94. The van der Waals surface area contributed by atoms with E-state index in [0.29, 0.717) is 11.1 Å². The van der Waals surface area contributed by atoms with Crippen LogP contribution in [0.25, 0.3) is 11.1 Å². The first-order valence-corrected chi connectivity index (χ1v) is 9.90. The molecule has 3 aromatic carbocycles. The summed E-state index contributed by atoms with van der Waals surface area (Å²) in [7, 11) is -4.60. The minimum Gasteiger partial charge on any atom is -0.790 e. The van der Waals surface area contributed by atoms with Crippen molar-refractivity contribution >= 4 is 18.2 Å². The predicted molar refractivity (Wildman–Crippen MR) is 101 cm³/mol. The maximum absolute atomic E-state index is 13.0. The maximum atomic E-state index is 13.0. The van der Waals surface area contributed by atoms with Crippen molar-refractivity contribution in [3.63, 3.8) is 0 Å². The molecule has 0 aliphatic heterocycles. The molecule has 132 valence electrons. The molecule has 0 spiro atoms. The molecule has 0 aliphatic rings. The van der Waals surface area contributed by atoms with E-state index < -0.39 is 12.9 Å². The quantitative estimate of drug-likeness (QED) is 0.529. The van der Waals surface area contributed by atoms with Gasteiger partial charge in [-0.05, 0) is 23.6 Å². The Labute approximate surface area is 170 Å². The van der Waals surface area contributed by atoms with Gasteiger partial charge in [-0.2, -0.15) is 0 Å². The van der Waals surface area contributed by atoms with Gasteiger partial charge < -0.3 is 14.6 Å². The smallest absolute Gasteiger partial charge is 0.790 e. The van der Waals surface area contributed by atoms with Gasteiger partial charge in [-0.25, -0.2) is 0 Å². The van der Waals surface area contributed by atoms with Crippen LogP contribution in [-0.4, -0.2) is 10.6 Å². The molecule has 0 saturated heterocycles. The van der Waals surface area contributed by atoms with Gasteiger partial charge in [0, 0.05) is 16.4 Å². The van der Waals surface area contributed by atoms with Crippen LogP contribution in [0.15, 0.2) is 72.8 Å². The zero-order valence-electron chi connectivity index (χ0n) is 15.3. The Bertz CT molecular complexity index is 999. The third-order valence-corrected chi connectivity index (χ3v) is 6.11. The molecule has 4 nitrogen and oxygen atoms in total. The second kappa shape index (κ2) is 8.74. The Kier molecular flexibility index (Phi) is 6.87. The van der Waals surface area contributed by atoms with Crippen LogP contribution < -0.4 is 29.1 Å². The monoisotopic (exact) mass is 372 g/mol. The van der Waals surface area contributed by atoms with Crippen LogP contribution in [0.1, 0.15) is 22.8 Å². The average Bonchev–Trinajstić information content (AvgIpc) is 2.68. The van der Waals surface area contributed by atoms with Crippen LogP contribution in [0.5, 0.6) is 5.75 Å². The third-order valence-electron chi connectivity index (χ3n) is 4.29. The number of aryl methyl sites for hydroxylation is 1. The largest absolute Gasteiger partial charge is 1.00 e. The zero-order valence-corrected chi connectivity index (χ0v) is 16.1. The summed E-state index contributed by atoms with van der Waals surface area (Å²) < 4.78 is 13.0. The molecule has 3 aromatic rings. The summed E-state index contributed by atoms with van der Waals surface area (Å²) in [5, 5.41) is 10.00. The average molecular weight is 372 g/mol. The Balaban J connectivity index is 0.00000261. The molecule has 1 N–H and O–H groups in total. The molecule has 1 unspecified atom stereocenters. The van der Waals surface area contributed by atoms with E-state index in [-0.39, 0.29) is 35.5 Å². The summed E-state index contributed by atoms with van der Waals surface area (Å²) in [4.78, 5) is 25.7. The van der Waals surface area contributed by atoms with Crippen molar-refractivity contribution in [2.24, 2.45) is 0 Å². The molecule has 0 amide bonds. The SMILES string of the molecule is CCc1ccc(C(=O)P(=O)([O-])c2ccccc2-c2ccccc2O)cc1.[Li+]. The predicted octanol–water partition coefficient (Wildman–Crippen LogP) is 0.730. The molecule has 27 heavy (non-hydrogen) atoms. The molecule has 0 fully saturated rings. The van der Waals surface area contributed by atoms with Crippen molar-refractivity contribution in [1.29, 1.82) is 0 Å². The maximum Gasteiger partial charge on any atom is 1.00 e. The van der Waals surface area contributed by atoms with Gasteiger partial charge >= 0.3 is 18.9 Å². The second-order valence-corrected chi connectivity index (χ2v) is 7.93. The third kappa shape index (κ3) is 4.26. The molecule has 0 heterocycles. The van der Waals surface area contributed by atoms with Crippen molar-refractivity contribution in [2.75, 3.05) is 0 Å². The normalized spacial score (nSPS) is 12.7. The Morgan fingerprint density at radius 3 is 2.07 bits per heavy atom. The molecular weight excluding hydrogens is 354 g/mol. The zero-order chi connectivity index (χ0) is 18.7. The van der Waals surface area contributed by atoms with Gasteiger partial charge in [0.25, 0.3) is 0 Å². The number of carbonyl (C=O) groups excluding carboxylic acids is 1. The van der Waals surface area contributed by atoms with Crippen LogP contribution in [0, 0.1) is 0 Å². The van der Waals surface area contributed by atoms with Crippen LogP contribution in [-0.2, 0) is 11.0 Å². The van der Waals surface area contributed by atoms with Gasteiger partial charge in [0.1, 0.15) is 13.1 Å². The number of carbonyl (C=O) groups is 1. The van der Waals surface area contributed by atoms with E-state index in [4.69, 9.17) is 0 Å². The summed E-state index contributed by atoms with van der Waals surface area (Å²) in [6.45, 7) is 1.98. The topological polar surface area (TPSA) is 77.4 Å². The van der Waals surface area contributed by atoms with E-state index in [1.165, 1.54) is 24.3 Å². The van der Waals surface area contributed by atoms with Crippen molar-refractivity contribution in [3.8, 4) is 16.9 Å².